The molecule has 0 aliphatic heterocycles. The second-order valence-electron chi connectivity index (χ2n) is 5.34. The zero-order chi connectivity index (χ0) is 13.8. The summed E-state index contributed by atoms with van der Waals surface area (Å²) in [6.07, 6.45) is 4.35. The fourth-order valence-electron chi connectivity index (χ4n) is 2.28. The fraction of sp³-hybridized carbons (Fsp3) is 0.714. The molecule has 1 unspecified atom stereocenters. The molecule has 1 saturated carbocycles. The van der Waals surface area contributed by atoms with Crippen LogP contribution in [0.2, 0.25) is 0 Å². The summed E-state index contributed by atoms with van der Waals surface area (Å²) in [5.41, 5.74) is 6.80. The van der Waals surface area contributed by atoms with E-state index in [2.05, 4.69) is 24.3 Å². The van der Waals surface area contributed by atoms with Crippen LogP contribution >= 0.6 is 0 Å². The van der Waals surface area contributed by atoms with Crippen LogP contribution < -0.4 is 11.1 Å². The van der Waals surface area contributed by atoms with Crippen molar-refractivity contribution in [1.29, 1.82) is 0 Å². The maximum atomic E-state index is 11.9. The molecule has 1 aliphatic carbocycles. The highest BCUT2D eigenvalue weighted by Gasteiger charge is 2.28. The van der Waals surface area contributed by atoms with Crippen LogP contribution in [0.1, 0.15) is 61.7 Å². The third-order valence-electron chi connectivity index (χ3n) is 3.88. The van der Waals surface area contributed by atoms with Gasteiger partial charge in [-0.3, -0.25) is 4.79 Å². The lowest BCUT2D eigenvalue weighted by Gasteiger charge is -2.10. The lowest BCUT2D eigenvalue weighted by molar-refractivity contribution is 0.0913. The molecule has 1 fully saturated rings. The molecule has 2 rings (SSSR count). The number of nitrogens with one attached hydrogen (secondary N) is 1. The minimum absolute atomic E-state index is 0.0605. The van der Waals surface area contributed by atoms with Gasteiger partial charge in [0.05, 0.1) is 5.69 Å². The number of carbonyl (C=O) groups excluding carboxylic acids is 1. The number of aromatic nitrogens is 1. The Hall–Kier alpha value is -1.36. The van der Waals surface area contributed by atoms with Crippen molar-refractivity contribution in [3.05, 3.63) is 17.5 Å². The Labute approximate surface area is 113 Å². The molecule has 0 aromatic carbocycles. The molecule has 3 N–H and O–H groups in total. The number of nitrogens with two attached hydrogens (primary N) is 1. The zero-order valence-corrected chi connectivity index (χ0v) is 11.7. The lowest BCUT2D eigenvalue weighted by atomic mass is 9.99. The molecule has 1 amide bonds. The summed E-state index contributed by atoms with van der Waals surface area (Å²) in [7, 11) is 0. The standard InChI is InChI=1S/C14H23N3O2/c1-3-9(4-2)12-7-13(19-17-12)14(18)16-8-11(15)10-5-6-10/h7,9-11H,3-6,8,15H2,1-2H3,(H,16,18). The first kappa shape index (κ1) is 14.1. The number of amides is 1. The fourth-order valence-corrected chi connectivity index (χ4v) is 2.28. The Morgan fingerprint density at radius 2 is 2.21 bits per heavy atom. The largest absolute Gasteiger partial charge is 0.351 e. The number of carbonyl (C=O) groups is 1. The van der Waals surface area contributed by atoms with Gasteiger partial charge in [0.25, 0.3) is 5.91 Å². The van der Waals surface area contributed by atoms with Crippen molar-refractivity contribution in [1.82, 2.24) is 10.5 Å². The van der Waals surface area contributed by atoms with E-state index in [4.69, 9.17) is 10.3 Å². The molecule has 0 radical (unpaired) electrons. The van der Waals surface area contributed by atoms with Gasteiger partial charge >= 0.3 is 0 Å². The van der Waals surface area contributed by atoms with Gasteiger partial charge in [-0.15, -0.1) is 0 Å². The van der Waals surface area contributed by atoms with Gasteiger partial charge in [0, 0.05) is 24.6 Å². The highest BCUT2D eigenvalue weighted by Crippen LogP contribution is 2.31. The summed E-state index contributed by atoms with van der Waals surface area (Å²) in [6.45, 7) is 4.72. The Morgan fingerprint density at radius 1 is 1.53 bits per heavy atom. The summed E-state index contributed by atoms with van der Waals surface area (Å²) in [5.74, 6) is 1.000. The van der Waals surface area contributed by atoms with Crippen LogP contribution in [0.4, 0.5) is 0 Å². The molecule has 1 atom stereocenters. The average Bonchev–Trinajstić information content (AvgIpc) is 3.16. The predicted octanol–water partition coefficient (Wildman–Crippen LogP) is 2.05. The van der Waals surface area contributed by atoms with E-state index in [-0.39, 0.29) is 17.7 Å². The van der Waals surface area contributed by atoms with Gasteiger partial charge < -0.3 is 15.6 Å². The van der Waals surface area contributed by atoms with Gasteiger partial charge in [-0.2, -0.15) is 0 Å². The highest BCUT2D eigenvalue weighted by molar-refractivity contribution is 5.91. The Kier molecular flexibility index (Phi) is 4.58. The highest BCUT2D eigenvalue weighted by atomic mass is 16.5. The average molecular weight is 265 g/mol. The Bertz CT molecular complexity index is 422. The van der Waals surface area contributed by atoms with Crippen molar-refractivity contribution >= 4 is 5.91 Å². The third-order valence-corrected chi connectivity index (χ3v) is 3.88. The molecular formula is C14H23N3O2. The van der Waals surface area contributed by atoms with Gasteiger partial charge in [-0.05, 0) is 31.6 Å². The van der Waals surface area contributed by atoms with Crippen LogP contribution in [0.5, 0.6) is 0 Å². The van der Waals surface area contributed by atoms with E-state index in [1.165, 1.54) is 12.8 Å². The maximum Gasteiger partial charge on any atom is 0.289 e. The van der Waals surface area contributed by atoms with Gasteiger partial charge in [0.15, 0.2) is 0 Å². The summed E-state index contributed by atoms with van der Waals surface area (Å²) in [5, 5.41) is 6.80. The second-order valence-corrected chi connectivity index (χ2v) is 5.34. The third kappa shape index (κ3) is 3.56. The van der Waals surface area contributed by atoms with Gasteiger partial charge in [0.2, 0.25) is 5.76 Å². The quantitative estimate of drug-likeness (QED) is 0.790. The molecule has 106 valence electrons. The SMILES string of the molecule is CCC(CC)c1cc(C(=O)NCC(N)C2CC2)on1. The molecule has 1 heterocycles. The lowest BCUT2D eigenvalue weighted by Crippen LogP contribution is -2.38. The van der Waals surface area contributed by atoms with Crippen molar-refractivity contribution in [2.75, 3.05) is 6.54 Å². The summed E-state index contributed by atoms with van der Waals surface area (Å²) in [6, 6.07) is 1.81. The van der Waals surface area contributed by atoms with E-state index in [9.17, 15) is 4.79 Å². The van der Waals surface area contributed by atoms with Crippen molar-refractivity contribution in [2.45, 2.75) is 51.5 Å². The van der Waals surface area contributed by atoms with E-state index in [0.717, 1.165) is 18.5 Å². The zero-order valence-electron chi connectivity index (χ0n) is 11.7. The summed E-state index contributed by atoms with van der Waals surface area (Å²) < 4.78 is 5.12. The molecule has 1 aromatic heterocycles. The van der Waals surface area contributed by atoms with Crippen molar-refractivity contribution in [2.24, 2.45) is 11.7 Å². The smallest absolute Gasteiger partial charge is 0.289 e. The number of hydrogen-bond donors (Lipinski definition) is 2. The first-order valence-corrected chi connectivity index (χ1v) is 7.16. The monoisotopic (exact) mass is 265 g/mol. The van der Waals surface area contributed by atoms with Crippen LogP contribution in [0.25, 0.3) is 0 Å². The van der Waals surface area contributed by atoms with Crippen LogP contribution in [0.3, 0.4) is 0 Å². The number of hydrogen-bond acceptors (Lipinski definition) is 4. The van der Waals surface area contributed by atoms with Crippen molar-refractivity contribution in [3.63, 3.8) is 0 Å². The minimum Gasteiger partial charge on any atom is -0.351 e. The van der Waals surface area contributed by atoms with E-state index in [1.54, 1.807) is 6.07 Å². The molecule has 0 saturated heterocycles. The molecule has 1 aliphatic rings. The normalized spacial score (nSPS) is 16.6. The van der Waals surface area contributed by atoms with Crippen LogP contribution in [0, 0.1) is 5.92 Å². The van der Waals surface area contributed by atoms with E-state index >= 15 is 0 Å². The minimum atomic E-state index is -0.221. The summed E-state index contributed by atoms with van der Waals surface area (Å²) >= 11 is 0. The second kappa shape index (κ2) is 6.19. The van der Waals surface area contributed by atoms with Crippen molar-refractivity contribution < 1.29 is 9.32 Å². The topological polar surface area (TPSA) is 81.2 Å². The predicted molar refractivity (Wildman–Crippen MR) is 72.9 cm³/mol. The summed E-state index contributed by atoms with van der Waals surface area (Å²) in [4.78, 5) is 11.9. The molecule has 0 bridgehead atoms. The number of nitrogens with zero attached hydrogens (tertiary/aromatic N) is 1. The van der Waals surface area contributed by atoms with Gasteiger partial charge in [-0.25, -0.2) is 0 Å². The Balaban J connectivity index is 1.88. The number of rotatable bonds is 7. The van der Waals surface area contributed by atoms with Crippen LogP contribution in [-0.2, 0) is 0 Å². The Morgan fingerprint density at radius 3 is 2.79 bits per heavy atom. The molecule has 1 aromatic rings. The van der Waals surface area contributed by atoms with E-state index < -0.39 is 0 Å². The molecule has 5 heteroatoms. The van der Waals surface area contributed by atoms with E-state index in [0.29, 0.717) is 18.4 Å². The van der Waals surface area contributed by atoms with Crippen LogP contribution in [0.15, 0.2) is 10.6 Å². The van der Waals surface area contributed by atoms with Gasteiger partial charge in [0.1, 0.15) is 0 Å². The van der Waals surface area contributed by atoms with E-state index in [1.807, 2.05) is 0 Å². The van der Waals surface area contributed by atoms with Crippen molar-refractivity contribution in [3.8, 4) is 0 Å². The first-order valence-electron chi connectivity index (χ1n) is 7.16. The molecule has 0 spiro atoms. The molecular weight excluding hydrogens is 242 g/mol. The van der Waals surface area contributed by atoms with Crippen LogP contribution in [-0.4, -0.2) is 23.7 Å². The van der Waals surface area contributed by atoms with Gasteiger partial charge in [-0.1, -0.05) is 19.0 Å². The maximum absolute atomic E-state index is 11.9. The first-order chi connectivity index (χ1) is 9.15. The molecule has 19 heavy (non-hydrogen) atoms. The molecule has 5 nitrogen and oxygen atoms in total.